The molecule has 1 aliphatic heterocycles. The van der Waals surface area contributed by atoms with Crippen LogP contribution in [-0.4, -0.2) is 29.2 Å². The Kier molecular flexibility index (Phi) is 3.12. The van der Waals surface area contributed by atoms with Crippen LogP contribution < -0.4 is 0 Å². The third-order valence-electron chi connectivity index (χ3n) is 4.12. The van der Waals surface area contributed by atoms with Crippen LogP contribution in [0, 0.1) is 11.8 Å². The highest BCUT2D eigenvalue weighted by atomic mass is 35.5. The molecular formula is C14H18ClNO. The Labute approximate surface area is 107 Å². The predicted molar refractivity (Wildman–Crippen MR) is 68.9 cm³/mol. The van der Waals surface area contributed by atoms with E-state index in [2.05, 4.69) is 17.0 Å². The molecule has 1 aromatic rings. The largest absolute Gasteiger partial charge is 0.393 e. The van der Waals surface area contributed by atoms with Crippen LogP contribution in [0.5, 0.6) is 0 Å². The maximum Gasteiger partial charge on any atom is 0.0546 e. The van der Waals surface area contributed by atoms with Gasteiger partial charge in [0.15, 0.2) is 0 Å². The fourth-order valence-electron chi connectivity index (χ4n) is 3.34. The van der Waals surface area contributed by atoms with Gasteiger partial charge in [-0.3, -0.25) is 4.90 Å². The minimum absolute atomic E-state index is 0.0392. The second-order valence-electron chi connectivity index (χ2n) is 5.47. The lowest BCUT2D eigenvalue weighted by Gasteiger charge is -2.17. The molecule has 1 aliphatic carbocycles. The average molecular weight is 252 g/mol. The van der Waals surface area contributed by atoms with Crippen LogP contribution in [0.25, 0.3) is 0 Å². The molecule has 2 aliphatic rings. The van der Waals surface area contributed by atoms with E-state index in [1.807, 2.05) is 12.1 Å². The summed E-state index contributed by atoms with van der Waals surface area (Å²) in [6.45, 7) is 3.30. The van der Waals surface area contributed by atoms with Crippen molar-refractivity contribution in [1.29, 1.82) is 0 Å². The van der Waals surface area contributed by atoms with Crippen LogP contribution in [0.2, 0.25) is 5.02 Å². The van der Waals surface area contributed by atoms with Crippen LogP contribution in [0.4, 0.5) is 0 Å². The zero-order valence-electron chi connectivity index (χ0n) is 9.85. The van der Waals surface area contributed by atoms with E-state index in [4.69, 9.17) is 11.6 Å². The smallest absolute Gasteiger partial charge is 0.0546 e. The molecule has 1 N–H and O–H groups in total. The SMILES string of the molecule is OC1C[C@@H]2CN(Cc3ccc(Cl)cc3)C[C@@H]2C1. The summed E-state index contributed by atoms with van der Waals surface area (Å²) in [6.07, 6.45) is 1.96. The van der Waals surface area contributed by atoms with Gasteiger partial charge in [-0.05, 0) is 42.4 Å². The number of fused-ring (bicyclic) bond motifs is 1. The van der Waals surface area contributed by atoms with Gasteiger partial charge in [0.2, 0.25) is 0 Å². The van der Waals surface area contributed by atoms with Crippen molar-refractivity contribution in [2.24, 2.45) is 11.8 Å². The first-order valence-corrected chi connectivity index (χ1v) is 6.73. The molecule has 17 heavy (non-hydrogen) atoms. The zero-order valence-corrected chi connectivity index (χ0v) is 10.6. The number of nitrogens with zero attached hydrogens (tertiary/aromatic N) is 1. The fraction of sp³-hybridized carbons (Fsp3) is 0.571. The summed E-state index contributed by atoms with van der Waals surface area (Å²) in [6, 6.07) is 8.12. The van der Waals surface area contributed by atoms with Crippen LogP contribution in [0.1, 0.15) is 18.4 Å². The summed E-state index contributed by atoms with van der Waals surface area (Å²) in [5.41, 5.74) is 1.33. The maximum atomic E-state index is 9.61. The van der Waals surface area contributed by atoms with Crippen LogP contribution in [-0.2, 0) is 6.54 Å². The van der Waals surface area contributed by atoms with E-state index < -0.39 is 0 Å². The molecule has 0 aromatic heterocycles. The zero-order chi connectivity index (χ0) is 11.8. The standard InChI is InChI=1S/C14H18ClNO/c15-13-3-1-10(2-4-13)7-16-8-11-5-14(17)6-12(11)9-16/h1-4,11-12,14,17H,5-9H2/t11-,12+,14?. The number of halogens is 1. The number of aliphatic hydroxyl groups is 1. The molecular weight excluding hydrogens is 234 g/mol. The molecule has 3 heteroatoms. The molecule has 3 rings (SSSR count). The number of hydrogen-bond donors (Lipinski definition) is 1. The minimum Gasteiger partial charge on any atom is -0.393 e. The number of aliphatic hydroxyl groups excluding tert-OH is 1. The molecule has 1 unspecified atom stereocenters. The highest BCUT2D eigenvalue weighted by molar-refractivity contribution is 6.30. The van der Waals surface area contributed by atoms with Crippen molar-refractivity contribution in [1.82, 2.24) is 4.90 Å². The minimum atomic E-state index is -0.0392. The molecule has 0 radical (unpaired) electrons. The molecule has 1 saturated heterocycles. The highest BCUT2D eigenvalue weighted by Crippen LogP contribution is 2.38. The van der Waals surface area contributed by atoms with Crippen LogP contribution >= 0.6 is 11.6 Å². The van der Waals surface area contributed by atoms with Gasteiger partial charge in [-0.15, -0.1) is 0 Å². The lowest BCUT2D eigenvalue weighted by atomic mass is 10.0. The van der Waals surface area contributed by atoms with Gasteiger partial charge in [0.25, 0.3) is 0 Å². The molecule has 0 spiro atoms. The second-order valence-corrected chi connectivity index (χ2v) is 5.90. The molecule has 2 fully saturated rings. The summed E-state index contributed by atoms with van der Waals surface area (Å²) in [4.78, 5) is 2.50. The molecule has 3 atom stereocenters. The molecule has 1 aromatic carbocycles. The average Bonchev–Trinajstić information content (AvgIpc) is 2.78. The Morgan fingerprint density at radius 3 is 2.29 bits per heavy atom. The fourth-order valence-corrected chi connectivity index (χ4v) is 3.47. The summed E-state index contributed by atoms with van der Waals surface area (Å²) in [7, 11) is 0. The predicted octanol–water partition coefficient (Wildman–Crippen LogP) is 2.54. The van der Waals surface area contributed by atoms with E-state index in [9.17, 15) is 5.11 Å². The van der Waals surface area contributed by atoms with Gasteiger partial charge in [-0.25, -0.2) is 0 Å². The van der Waals surface area contributed by atoms with Gasteiger partial charge in [-0.1, -0.05) is 23.7 Å². The van der Waals surface area contributed by atoms with E-state index in [0.29, 0.717) is 0 Å². The molecule has 1 heterocycles. The van der Waals surface area contributed by atoms with Crippen molar-refractivity contribution >= 4 is 11.6 Å². The van der Waals surface area contributed by atoms with Gasteiger partial charge in [0, 0.05) is 24.7 Å². The first kappa shape index (κ1) is 11.5. The van der Waals surface area contributed by atoms with E-state index in [0.717, 1.165) is 49.3 Å². The third-order valence-corrected chi connectivity index (χ3v) is 4.37. The van der Waals surface area contributed by atoms with Crippen molar-refractivity contribution < 1.29 is 5.11 Å². The third kappa shape index (κ3) is 2.49. The lowest BCUT2D eigenvalue weighted by Crippen LogP contribution is -2.22. The Morgan fingerprint density at radius 1 is 1.12 bits per heavy atom. The van der Waals surface area contributed by atoms with Crippen LogP contribution in [0.3, 0.4) is 0 Å². The van der Waals surface area contributed by atoms with Crippen molar-refractivity contribution in [3.05, 3.63) is 34.9 Å². The quantitative estimate of drug-likeness (QED) is 0.873. The topological polar surface area (TPSA) is 23.5 Å². The molecule has 1 saturated carbocycles. The van der Waals surface area contributed by atoms with E-state index >= 15 is 0 Å². The Hall–Kier alpha value is -0.570. The van der Waals surface area contributed by atoms with Crippen molar-refractivity contribution in [3.63, 3.8) is 0 Å². The van der Waals surface area contributed by atoms with Crippen molar-refractivity contribution in [3.8, 4) is 0 Å². The summed E-state index contributed by atoms with van der Waals surface area (Å²) < 4.78 is 0. The Bertz CT molecular complexity index is 378. The molecule has 0 amide bonds. The number of benzene rings is 1. The summed E-state index contributed by atoms with van der Waals surface area (Å²) >= 11 is 5.88. The first-order valence-electron chi connectivity index (χ1n) is 6.35. The monoisotopic (exact) mass is 251 g/mol. The second kappa shape index (κ2) is 4.60. The van der Waals surface area contributed by atoms with Gasteiger partial charge in [0.1, 0.15) is 0 Å². The molecule has 2 nitrogen and oxygen atoms in total. The Balaban J connectivity index is 1.60. The highest BCUT2D eigenvalue weighted by Gasteiger charge is 2.39. The maximum absolute atomic E-state index is 9.61. The Morgan fingerprint density at radius 2 is 1.71 bits per heavy atom. The van der Waals surface area contributed by atoms with Crippen molar-refractivity contribution in [2.45, 2.75) is 25.5 Å². The molecule has 92 valence electrons. The number of rotatable bonds is 2. The van der Waals surface area contributed by atoms with Crippen molar-refractivity contribution in [2.75, 3.05) is 13.1 Å². The van der Waals surface area contributed by atoms with E-state index in [-0.39, 0.29) is 6.10 Å². The van der Waals surface area contributed by atoms with Gasteiger partial charge >= 0.3 is 0 Å². The van der Waals surface area contributed by atoms with Gasteiger partial charge < -0.3 is 5.11 Å². The summed E-state index contributed by atoms with van der Waals surface area (Å²) in [5, 5.41) is 10.4. The normalized spacial score (nSPS) is 32.9. The lowest BCUT2D eigenvalue weighted by molar-refractivity contribution is 0.161. The number of likely N-dealkylation sites (tertiary alicyclic amines) is 1. The van der Waals surface area contributed by atoms with Gasteiger partial charge in [0.05, 0.1) is 6.10 Å². The van der Waals surface area contributed by atoms with E-state index in [1.165, 1.54) is 5.56 Å². The van der Waals surface area contributed by atoms with Gasteiger partial charge in [-0.2, -0.15) is 0 Å². The number of hydrogen-bond acceptors (Lipinski definition) is 2. The summed E-state index contributed by atoms with van der Waals surface area (Å²) in [5.74, 6) is 1.44. The molecule has 0 bridgehead atoms. The van der Waals surface area contributed by atoms with Crippen LogP contribution in [0.15, 0.2) is 24.3 Å². The van der Waals surface area contributed by atoms with E-state index in [1.54, 1.807) is 0 Å². The first-order chi connectivity index (χ1) is 8.20.